The summed E-state index contributed by atoms with van der Waals surface area (Å²) in [5.74, 6) is -0.278. The predicted octanol–water partition coefficient (Wildman–Crippen LogP) is 4.57. The molecule has 0 radical (unpaired) electrons. The van der Waals surface area contributed by atoms with Gasteiger partial charge in [-0.3, -0.25) is 0 Å². The molecule has 0 rings (SSSR count). The van der Waals surface area contributed by atoms with E-state index in [2.05, 4.69) is 32.5 Å². The van der Waals surface area contributed by atoms with Crippen LogP contribution >= 0.6 is 0 Å². The molecule has 0 aromatic rings. The zero-order chi connectivity index (χ0) is 15.9. The summed E-state index contributed by atoms with van der Waals surface area (Å²) in [6.45, 7) is 6.82. The second kappa shape index (κ2) is 14.1. The topological polar surface area (TPSA) is 29.5 Å². The molecular weight excluding hydrogens is 262 g/mol. The number of ether oxygens (including phenoxy) is 1. The van der Waals surface area contributed by atoms with Crippen molar-refractivity contribution < 1.29 is 9.53 Å². The van der Waals surface area contributed by atoms with Gasteiger partial charge in [0.05, 0.1) is 0 Å². The normalized spacial score (nSPS) is 12.4. The number of hydrogen-bond donors (Lipinski definition) is 0. The molecule has 0 amide bonds. The maximum atomic E-state index is 11.3. The second-order valence-electron chi connectivity index (χ2n) is 6.12. The molecule has 0 aliphatic rings. The van der Waals surface area contributed by atoms with E-state index < -0.39 is 0 Å². The Kier molecular flexibility index (Phi) is 13.6. The van der Waals surface area contributed by atoms with Crippen molar-refractivity contribution in [3.8, 4) is 0 Å². The summed E-state index contributed by atoms with van der Waals surface area (Å²) in [5.41, 5.74) is 0. The first kappa shape index (κ1) is 20.2. The number of rotatable bonds is 14. The van der Waals surface area contributed by atoms with Crippen LogP contribution in [-0.2, 0) is 9.53 Å². The lowest BCUT2D eigenvalue weighted by Gasteiger charge is -2.16. The number of esters is 1. The molecule has 21 heavy (non-hydrogen) atoms. The number of nitrogens with zero attached hydrogens (tertiary/aromatic N) is 1. The summed E-state index contributed by atoms with van der Waals surface area (Å²) < 4.78 is 5.41. The fourth-order valence-electron chi connectivity index (χ4n) is 2.41. The molecule has 0 spiro atoms. The van der Waals surface area contributed by atoms with E-state index >= 15 is 0 Å². The number of carbonyl (C=O) groups excluding carboxylic acids is 1. The van der Waals surface area contributed by atoms with Crippen LogP contribution in [0, 0.1) is 0 Å². The van der Waals surface area contributed by atoms with E-state index in [1.54, 1.807) is 0 Å². The number of unbranched alkanes of at least 4 members (excludes halogenated alkanes) is 6. The Morgan fingerprint density at radius 3 is 2.19 bits per heavy atom. The molecule has 0 bridgehead atoms. The van der Waals surface area contributed by atoms with Crippen molar-refractivity contribution in [3.63, 3.8) is 0 Å². The van der Waals surface area contributed by atoms with Crippen molar-refractivity contribution in [1.29, 1.82) is 0 Å². The number of hydrogen-bond acceptors (Lipinski definition) is 3. The largest absolute Gasteiger partial charge is 0.459 e. The van der Waals surface area contributed by atoms with Gasteiger partial charge in [-0.1, -0.05) is 52.0 Å². The molecule has 0 heterocycles. The van der Waals surface area contributed by atoms with Gasteiger partial charge in [0, 0.05) is 6.08 Å². The average Bonchev–Trinajstić information content (AvgIpc) is 2.46. The highest BCUT2D eigenvalue weighted by Crippen LogP contribution is 2.15. The first-order valence-electron chi connectivity index (χ1n) is 8.58. The predicted molar refractivity (Wildman–Crippen MR) is 90.5 cm³/mol. The van der Waals surface area contributed by atoms with Crippen LogP contribution in [0.2, 0.25) is 0 Å². The van der Waals surface area contributed by atoms with E-state index in [0.29, 0.717) is 0 Å². The van der Waals surface area contributed by atoms with Crippen LogP contribution in [0.4, 0.5) is 0 Å². The highest BCUT2D eigenvalue weighted by atomic mass is 16.5. The lowest BCUT2D eigenvalue weighted by molar-refractivity contribution is -0.143. The molecule has 0 fully saturated rings. The van der Waals surface area contributed by atoms with Crippen molar-refractivity contribution in [2.75, 3.05) is 20.6 Å². The van der Waals surface area contributed by atoms with Crippen molar-refractivity contribution in [2.45, 2.75) is 77.2 Å². The van der Waals surface area contributed by atoms with Gasteiger partial charge in [-0.15, -0.1) is 0 Å². The Morgan fingerprint density at radius 2 is 1.62 bits per heavy atom. The van der Waals surface area contributed by atoms with E-state index in [4.69, 9.17) is 4.74 Å². The van der Waals surface area contributed by atoms with E-state index in [9.17, 15) is 4.79 Å². The quantitative estimate of drug-likeness (QED) is 0.267. The minimum atomic E-state index is -0.278. The molecule has 1 atom stereocenters. The van der Waals surface area contributed by atoms with Gasteiger partial charge in [-0.2, -0.15) is 0 Å². The summed E-state index contributed by atoms with van der Waals surface area (Å²) in [6, 6.07) is 0. The van der Waals surface area contributed by atoms with Gasteiger partial charge >= 0.3 is 5.97 Å². The van der Waals surface area contributed by atoms with E-state index in [1.165, 1.54) is 44.7 Å². The van der Waals surface area contributed by atoms with Crippen molar-refractivity contribution >= 4 is 5.97 Å². The Balaban J connectivity index is 3.62. The van der Waals surface area contributed by atoms with Crippen molar-refractivity contribution in [2.24, 2.45) is 0 Å². The molecular formula is C18H35NO2. The number of carbonyl (C=O) groups is 1. The van der Waals surface area contributed by atoms with Gasteiger partial charge in [0.1, 0.15) is 6.10 Å². The maximum Gasteiger partial charge on any atom is 0.330 e. The highest BCUT2D eigenvalue weighted by Gasteiger charge is 2.11. The Morgan fingerprint density at radius 1 is 1.05 bits per heavy atom. The Labute approximate surface area is 131 Å². The van der Waals surface area contributed by atoms with E-state index in [0.717, 1.165) is 32.1 Å². The summed E-state index contributed by atoms with van der Waals surface area (Å²) in [7, 11) is 4.25. The first-order valence-corrected chi connectivity index (χ1v) is 8.58. The van der Waals surface area contributed by atoms with Gasteiger partial charge in [0.2, 0.25) is 0 Å². The van der Waals surface area contributed by atoms with Crippen molar-refractivity contribution in [1.82, 2.24) is 4.90 Å². The molecule has 0 aliphatic carbocycles. The Bertz CT molecular complexity index is 264. The minimum absolute atomic E-state index is 0.0872. The third-order valence-electron chi connectivity index (χ3n) is 3.71. The van der Waals surface area contributed by atoms with Crippen LogP contribution in [0.15, 0.2) is 12.7 Å². The van der Waals surface area contributed by atoms with Crippen molar-refractivity contribution in [3.05, 3.63) is 12.7 Å². The standard InChI is InChI=1S/C18H35NO2/c1-5-7-14-17(21-18(20)6-2)15-12-10-8-9-11-13-16-19(3)4/h6,17H,2,5,7-16H2,1,3-4H3. The third kappa shape index (κ3) is 13.9. The van der Waals surface area contributed by atoms with Crippen LogP contribution in [0.5, 0.6) is 0 Å². The fraction of sp³-hybridized carbons (Fsp3) is 0.833. The zero-order valence-corrected chi connectivity index (χ0v) is 14.4. The van der Waals surface area contributed by atoms with Gasteiger partial charge in [-0.25, -0.2) is 4.79 Å². The second-order valence-corrected chi connectivity index (χ2v) is 6.12. The molecule has 0 N–H and O–H groups in total. The van der Waals surface area contributed by atoms with E-state index in [1.807, 2.05) is 0 Å². The summed E-state index contributed by atoms with van der Waals surface area (Å²) >= 11 is 0. The molecule has 0 saturated carbocycles. The lowest BCUT2D eigenvalue weighted by atomic mass is 10.0. The van der Waals surface area contributed by atoms with Gasteiger partial charge in [0.25, 0.3) is 0 Å². The van der Waals surface area contributed by atoms with Crippen LogP contribution in [0.1, 0.15) is 71.1 Å². The van der Waals surface area contributed by atoms with Crippen LogP contribution in [0.3, 0.4) is 0 Å². The summed E-state index contributed by atoms with van der Waals surface area (Å²) in [4.78, 5) is 13.5. The molecule has 0 aliphatic heterocycles. The molecule has 0 saturated heterocycles. The highest BCUT2D eigenvalue weighted by molar-refractivity contribution is 5.81. The van der Waals surface area contributed by atoms with Crippen LogP contribution < -0.4 is 0 Å². The Hall–Kier alpha value is -0.830. The third-order valence-corrected chi connectivity index (χ3v) is 3.71. The molecule has 0 aromatic carbocycles. The van der Waals surface area contributed by atoms with Gasteiger partial charge in [-0.05, 0) is 46.3 Å². The molecule has 3 nitrogen and oxygen atoms in total. The first-order chi connectivity index (χ1) is 10.1. The van der Waals surface area contributed by atoms with Gasteiger partial charge in [0.15, 0.2) is 0 Å². The molecule has 3 heteroatoms. The molecule has 0 aromatic heterocycles. The molecule has 1 unspecified atom stereocenters. The SMILES string of the molecule is C=CC(=O)OC(CCCC)CCCCCCCCN(C)C. The lowest BCUT2D eigenvalue weighted by Crippen LogP contribution is -2.16. The summed E-state index contributed by atoms with van der Waals surface area (Å²) in [6.07, 6.45) is 13.2. The maximum absolute atomic E-state index is 11.3. The minimum Gasteiger partial charge on any atom is -0.459 e. The fourth-order valence-corrected chi connectivity index (χ4v) is 2.41. The van der Waals surface area contributed by atoms with Crippen LogP contribution in [-0.4, -0.2) is 37.6 Å². The average molecular weight is 297 g/mol. The van der Waals surface area contributed by atoms with Crippen LogP contribution in [0.25, 0.3) is 0 Å². The van der Waals surface area contributed by atoms with E-state index in [-0.39, 0.29) is 12.1 Å². The smallest absolute Gasteiger partial charge is 0.330 e. The zero-order valence-electron chi connectivity index (χ0n) is 14.4. The molecule has 124 valence electrons. The summed E-state index contributed by atoms with van der Waals surface area (Å²) in [5, 5.41) is 0. The van der Waals surface area contributed by atoms with Gasteiger partial charge < -0.3 is 9.64 Å². The monoisotopic (exact) mass is 297 g/mol.